The maximum Gasteiger partial charge on any atom is 1.00 e. The standard InChI is InChI=1S/C15H30O4S.C9H12N2O5.2Na.2H/c1-3-5-6-7-8-9-10-11-12-13-15-19-20(16,17)18-14-4-2;1-7(16-5-9(14)15)11(4-8(12)13)3-2-10-6-11;;;;/h4H,2-3,5-15H2,1H3;2-3,6-7H,4-5H2,1H3,(H-,12,13,14,15);;;;/q;;2*+1;2*-1/p+1. The van der Waals surface area contributed by atoms with E-state index in [1.54, 1.807) is 13.1 Å². The van der Waals surface area contributed by atoms with Gasteiger partial charge in [0, 0.05) is 6.92 Å². The van der Waals surface area contributed by atoms with Crippen LogP contribution in [0.25, 0.3) is 0 Å². The van der Waals surface area contributed by atoms with Crippen molar-refractivity contribution in [3.8, 4) is 0 Å². The molecule has 1 heterocycles. The van der Waals surface area contributed by atoms with Crippen molar-refractivity contribution in [2.24, 2.45) is 4.99 Å². The molecule has 0 radical (unpaired) electrons. The molecule has 11 nitrogen and oxygen atoms in total. The molecule has 2 unspecified atom stereocenters. The molecule has 2 atom stereocenters. The van der Waals surface area contributed by atoms with Crippen LogP contribution in [-0.2, 0) is 33.1 Å². The number of ether oxygens (including phenoxy) is 1. The van der Waals surface area contributed by atoms with Crippen LogP contribution < -0.4 is 59.1 Å². The fraction of sp³-hybridized carbons (Fsp3) is 0.708. The van der Waals surface area contributed by atoms with Crippen LogP contribution in [0, 0.1) is 0 Å². The molecule has 212 valence electrons. The van der Waals surface area contributed by atoms with Gasteiger partial charge in [-0.2, -0.15) is 8.42 Å². The molecule has 0 saturated carbocycles. The second-order valence-electron chi connectivity index (χ2n) is 8.40. The molecule has 0 aliphatic carbocycles. The van der Waals surface area contributed by atoms with Gasteiger partial charge in [-0.25, -0.2) is 27.4 Å². The Balaban J connectivity index is -0.000000189. The number of carboxylic acid groups (broad SMARTS) is 2. The summed E-state index contributed by atoms with van der Waals surface area (Å²) in [7, 11) is -3.83. The molecule has 0 amide bonds. The molecule has 14 heteroatoms. The summed E-state index contributed by atoms with van der Waals surface area (Å²) in [6.45, 7) is 6.67. The number of unbranched alkanes of at least 4 members (excludes halogenated alkanes) is 9. The first-order chi connectivity index (χ1) is 17.1. The number of hydrogen-bond acceptors (Lipinski definition) is 8. The smallest absolute Gasteiger partial charge is 1.00 e. The van der Waals surface area contributed by atoms with E-state index in [4.69, 9.17) is 19.1 Å². The molecule has 38 heavy (non-hydrogen) atoms. The zero-order valence-corrected chi connectivity index (χ0v) is 28.4. The maximum absolute atomic E-state index is 11.2. The zero-order chi connectivity index (χ0) is 27.3. The Labute approximate surface area is 275 Å². The average Bonchev–Trinajstić information content (AvgIpc) is 3.29. The predicted octanol–water partition coefficient (Wildman–Crippen LogP) is -1.55. The molecule has 0 saturated heterocycles. The molecule has 1 rings (SSSR count). The van der Waals surface area contributed by atoms with Crippen molar-refractivity contribution in [3.05, 3.63) is 25.1 Å². The summed E-state index contributed by atoms with van der Waals surface area (Å²) < 4.78 is 36.4. The van der Waals surface area contributed by atoms with Gasteiger partial charge in [-0.1, -0.05) is 70.8 Å². The van der Waals surface area contributed by atoms with E-state index in [0.717, 1.165) is 19.3 Å². The van der Waals surface area contributed by atoms with Crippen LogP contribution in [0.4, 0.5) is 0 Å². The van der Waals surface area contributed by atoms with E-state index >= 15 is 0 Å². The Morgan fingerprint density at radius 3 is 2.00 bits per heavy atom. The van der Waals surface area contributed by atoms with E-state index in [2.05, 4.69) is 22.7 Å². The molecular weight excluding hydrogens is 538 g/mol. The minimum Gasteiger partial charge on any atom is -1.00 e. The van der Waals surface area contributed by atoms with E-state index in [9.17, 15) is 18.0 Å². The number of aliphatic carboxylic acids is 2. The van der Waals surface area contributed by atoms with E-state index in [1.807, 2.05) is 0 Å². The maximum atomic E-state index is 11.2. The number of aliphatic imine (C=N–C) groups is 1. The van der Waals surface area contributed by atoms with Crippen LogP contribution in [0.2, 0.25) is 0 Å². The zero-order valence-electron chi connectivity index (χ0n) is 25.5. The van der Waals surface area contributed by atoms with Gasteiger partial charge in [0.2, 0.25) is 6.23 Å². The van der Waals surface area contributed by atoms with Gasteiger partial charge in [-0.05, 0) is 6.42 Å². The monoisotopic (exact) mass is 583 g/mol. The van der Waals surface area contributed by atoms with Crippen LogP contribution in [0.5, 0.6) is 0 Å². The van der Waals surface area contributed by atoms with Crippen LogP contribution in [0.3, 0.4) is 0 Å². The Bertz CT molecular complexity index is 808. The van der Waals surface area contributed by atoms with Crippen LogP contribution in [0.15, 0.2) is 30.0 Å². The number of rotatable bonds is 21. The molecule has 2 N–H and O–H groups in total. The van der Waals surface area contributed by atoms with Gasteiger partial charge in [0.15, 0.2) is 19.5 Å². The molecule has 0 aromatic heterocycles. The summed E-state index contributed by atoms with van der Waals surface area (Å²) in [5.41, 5.74) is 0. The topological polar surface area (TPSA) is 149 Å². The second kappa shape index (κ2) is 25.8. The second-order valence-corrected chi connectivity index (χ2v) is 9.69. The third-order valence-corrected chi connectivity index (χ3v) is 6.18. The minimum atomic E-state index is -3.83. The summed E-state index contributed by atoms with van der Waals surface area (Å²) in [5.74, 6) is -2.11. The first-order valence-corrected chi connectivity index (χ1v) is 13.7. The molecule has 0 fully saturated rings. The fourth-order valence-corrected chi connectivity index (χ4v) is 3.93. The molecule has 0 spiro atoms. The summed E-state index contributed by atoms with van der Waals surface area (Å²) in [5, 5.41) is 17.3. The van der Waals surface area contributed by atoms with Gasteiger partial charge < -0.3 is 17.8 Å². The molecule has 0 bridgehead atoms. The Morgan fingerprint density at radius 1 is 1.00 bits per heavy atom. The Morgan fingerprint density at radius 2 is 1.55 bits per heavy atom. The van der Waals surface area contributed by atoms with E-state index in [0.29, 0.717) is 0 Å². The van der Waals surface area contributed by atoms with E-state index in [1.165, 1.54) is 63.6 Å². The summed E-state index contributed by atoms with van der Waals surface area (Å²) in [4.78, 5) is 24.9. The van der Waals surface area contributed by atoms with Crippen molar-refractivity contribution in [3.63, 3.8) is 0 Å². The molecular formula is C24H45N2Na2O9S+. The number of nitrogens with zero attached hydrogens (tertiary/aromatic N) is 2. The molecule has 0 aromatic carbocycles. The first-order valence-electron chi connectivity index (χ1n) is 12.4. The number of carboxylic acids is 2. The van der Waals surface area contributed by atoms with Crippen LogP contribution in [-0.4, -0.2) is 74.0 Å². The van der Waals surface area contributed by atoms with Crippen molar-refractivity contribution in [2.45, 2.75) is 84.3 Å². The predicted molar refractivity (Wildman–Crippen MR) is 139 cm³/mol. The van der Waals surface area contributed by atoms with Crippen molar-refractivity contribution < 1.29 is 108 Å². The third-order valence-electron chi connectivity index (χ3n) is 5.30. The first kappa shape index (κ1) is 42.3. The normalized spacial score (nSPS) is 16.5. The Hall–Kier alpha value is -0.120. The van der Waals surface area contributed by atoms with Gasteiger partial charge in [-0.3, -0.25) is 0 Å². The SMILES string of the molecule is C=CCOS(=O)(=O)OCCCCCCCCCCCC.CC(OCC(=O)O)[N+]1(CC(=O)O)C=CN=C1.[H-].[H-].[Na+].[Na+]. The van der Waals surface area contributed by atoms with Crippen molar-refractivity contribution >= 4 is 28.7 Å². The number of carbonyl (C=O) groups is 2. The minimum absolute atomic E-state index is 0. The van der Waals surface area contributed by atoms with Gasteiger partial charge in [0.05, 0.1) is 19.4 Å². The van der Waals surface area contributed by atoms with E-state index in [-0.39, 0.29) is 86.2 Å². The van der Waals surface area contributed by atoms with Crippen LogP contribution >= 0.6 is 0 Å². The number of hydrogen-bond donors (Lipinski definition) is 2. The third kappa shape index (κ3) is 22.7. The summed E-state index contributed by atoms with van der Waals surface area (Å²) >= 11 is 0. The number of quaternary nitrogens is 1. The van der Waals surface area contributed by atoms with Crippen molar-refractivity contribution in [2.75, 3.05) is 26.4 Å². The van der Waals surface area contributed by atoms with Crippen molar-refractivity contribution in [1.82, 2.24) is 0 Å². The van der Waals surface area contributed by atoms with Gasteiger partial charge in [0.1, 0.15) is 6.20 Å². The summed E-state index contributed by atoms with van der Waals surface area (Å²) in [6.07, 6.45) is 17.3. The molecule has 1 aliphatic heterocycles. The largest absolute Gasteiger partial charge is 1.00 e. The Kier molecular flexibility index (Phi) is 28.8. The summed E-state index contributed by atoms with van der Waals surface area (Å²) in [6, 6.07) is 0. The van der Waals surface area contributed by atoms with Gasteiger partial charge >= 0.3 is 81.5 Å². The van der Waals surface area contributed by atoms with Gasteiger partial charge in [-0.15, -0.1) is 6.58 Å². The van der Waals surface area contributed by atoms with Crippen LogP contribution in [0.1, 0.15) is 80.9 Å². The van der Waals surface area contributed by atoms with Gasteiger partial charge in [0.25, 0.3) is 0 Å². The molecule has 0 aromatic rings. The van der Waals surface area contributed by atoms with Crippen molar-refractivity contribution in [1.29, 1.82) is 0 Å². The molecule has 1 aliphatic rings. The average molecular weight is 584 g/mol. The fourth-order valence-electron chi connectivity index (χ4n) is 3.28. The quantitative estimate of drug-likeness (QED) is 0.0709. The van der Waals surface area contributed by atoms with E-state index < -0.39 is 35.2 Å².